The van der Waals surface area contributed by atoms with Crippen molar-refractivity contribution in [1.82, 2.24) is 20.0 Å². The molecule has 0 unspecified atom stereocenters. The van der Waals surface area contributed by atoms with Gasteiger partial charge in [-0.15, -0.1) is 0 Å². The summed E-state index contributed by atoms with van der Waals surface area (Å²) in [5.41, 5.74) is 0.824. The van der Waals surface area contributed by atoms with Gasteiger partial charge in [-0.1, -0.05) is 0 Å². The number of nitrogens with one attached hydrogen (secondary N) is 1. The molecule has 3 heterocycles. The number of nitrogens with zero attached hydrogens (tertiary/aromatic N) is 3. The van der Waals surface area contributed by atoms with Crippen LogP contribution in [0.15, 0.2) is 12.3 Å². The lowest BCUT2D eigenvalue weighted by atomic mass is 9.91. The average Bonchev–Trinajstić information content (AvgIpc) is 2.99. The molecular formula is C13H18N4O2. The molecule has 3 rings (SSSR count). The van der Waals surface area contributed by atoms with E-state index in [-0.39, 0.29) is 23.8 Å². The van der Waals surface area contributed by atoms with Crippen LogP contribution in [0.25, 0.3) is 0 Å². The van der Waals surface area contributed by atoms with Crippen LogP contribution in [0.1, 0.15) is 18.5 Å². The normalized spacial score (nSPS) is 26.7. The van der Waals surface area contributed by atoms with Crippen molar-refractivity contribution in [2.75, 3.05) is 20.1 Å². The molecule has 2 saturated heterocycles. The van der Waals surface area contributed by atoms with E-state index in [1.807, 2.05) is 18.0 Å². The molecule has 102 valence electrons. The number of fused-ring (bicyclic) bond motifs is 1. The second-order valence-corrected chi connectivity index (χ2v) is 5.38. The van der Waals surface area contributed by atoms with E-state index < -0.39 is 0 Å². The molecule has 0 aliphatic carbocycles. The van der Waals surface area contributed by atoms with Gasteiger partial charge in [0.2, 0.25) is 11.8 Å². The highest BCUT2D eigenvalue weighted by Gasteiger charge is 2.45. The van der Waals surface area contributed by atoms with Gasteiger partial charge in [0.25, 0.3) is 0 Å². The van der Waals surface area contributed by atoms with Gasteiger partial charge in [-0.25, -0.2) is 0 Å². The van der Waals surface area contributed by atoms with Crippen LogP contribution < -0.4 is 0 Å². The highest BCUT2D eigenvalue weighted by Crippen LogP contribution is 2.31. The number of likely N-dealkylation sites (tertiary alicyclic amines) is 2. The maximum atomic E-state index is 12.4. The Morgan fingerprint density at radius 1 is 1.58 bits per heavy atom. The molecule has 1 aromatic rings. The van der Waals surface area contributed by atoms with Crippen LogP contribution in [-0.2, 0) is 16.0 Å². The molecule has 2 amide bonds. The Hall–Kier alpha value is -1.85. The lowest BCUT2D eigenvalue weighted by Crippen LogP contribution is -2.49. The summed E-state index contributed by atoms with van der Waals surface area (Å²) in [5.74, 6) is 0.274. The molecule has 19 heavy (non-hydrogen) atoms. The summed E-state index contributed by atoms with van der Waals surface area (Å²) in [6.07, 6.45) is 3.80. The molecule has 2 aliphatic rings. The molecular weight excluding hydrogens is 244 g/mol. The minimum atomic E-state index is 0.00414. The van der Waals surface area contributed by atoms with Gasteiger partial charge in [0.05, 0.1) is 18.4 Å². The van der Waals surface area contributed by atoms with Gasteiger partial charge in [-0.2, -0.15) is 5.10 Å². The maximum Gasteiger partial charge on any atom is 0.228 e. The van der Waals surface area contributed by atoms with Crippen molar-refractivity contribution in [3.63, 3.8) is 0 Å². The first-order valence-corrected chi connectivity index (χ1v) is 6.69. The molecule has 0 bridgehead atoms. The molecule has 0 saturated carbocycles. The van der Waals surface area contributed by atoms with Crippen LogP contribution in [0, 0.1) is 5.92 Å². The van der Waals surface area contributed by atoms with Crippen LogP contribution in [0.4, 0.5) is 0 Å². The van der Waals surface area contributed by atoms with Crippen molar-refractivity contribution in [3.8, 4) is 0 Å². The Labute approximate surface area is 111 Å². The predicted molar refractivity (Wildman–Crippen MR) is 68.2 cm³/mol. The second-order valence-electron chi connectivity index (χ2n) is 5.38. The van der Waals surface area contributed by atoms with Gasteiger partial charge in [-0.05, 0) is 18.9 Å². The first-order chi connectivity index (χ1) is 9.16. The number of hydrogen-bond donors (Lipinski definition) is 1. The Bertz CT molecular complexity index is 485. The fourth-order valence-electron chi connectivity index (χ4n) is 3.18. The van der Waals surface area contributed by atoms with Crippen LogP contribution in [0.2, 0.25) is 0 Å². The van der Waals surface area contributed by atoms with Gasteiger partial charge in [0.15, 0.2) is 0 Å². The molecule has 2 aliphatic heterocycles. The minimum absolute atomic E-state index is 0.00414. The molecule has 2 fully saturated rings. The highest BCUT2D eigenvalue weighted by molar-refractivity contribution is 5.85. The number of aromatic amines is 1. The summed E-state index contributed by atoms with van der Waals surface area (Å²) < 4.78 is 0. The van der Waals surface area contributed by atoms with E-state index in [1.165, 1.54) is 0 Å². The Kier molecular flexibility index (Phi) is 3.00. The third kappa shape index (κ3) is 2.11. The fourth-order valence-corrected chi connectivity index (χ4v) is 3.18. The Morgan fingerprint density at radius 2 is 2.42 bits per heavy atom. The predicted octanol–water partition coefficient (Wildman–Crippen LogP) is 0.0314. The number of piperidine rings is 1. The monoisotopic (exact) mass is 262 g/mol. The number of rotatable bonds is 2. The van der Waals surface area contributed by atoms with E-state index in [9.17, 15) is 9.59 Å². The number of aromatic nitrogens is 2. The lowest BCUT2D eigenvalue weighted by molar-refractivity contribution is -0.136. The van der Waals surface area contributed by atoms with Gasteiger partial charge in [-0.3, -0.25) is 14.7 Å². The summed E-state index contributed by atoms with van der Waals surface area (Å²) >= 11 is 0. The van der Waals surface area contributed by atoms with Gasteiger partial charge >= 0.3 is 0 Å². The van der Waals surface area contributed by atoms with Crippen LogP contribution in [0.3, 0.4) is 0 Å². The van der Waals surface area contributed by atoms with Gasteiger partial charge in [0.1, 0.15) is 0 Å². The lowest BCUT2D eigenvalue weighted by Gasteiger charge is -2.35. The number of carbonyl (C=O) groups excluding carboxylic acids is 2. The van der Waals surface area contributed by atoms with Gasteiger partial charge < -0.3 is 9.80 Å². The number of likely N-dealkylation sites (N-methyl/N-ethyl adjacent to an activating group) is 1. The second kappa shape index (κ2) is 4.68. The van der Waals surface area contributed by atoms with E-state index >= 15 is 0 Å². The average molecular weight is 262 g/mol. The molecule has 1 N–H and O–H groups in total. The van der Waals surface area contributed by atoms with Crippen molar-refractivity contribution in [2.45, 2.75) is 25.3 Å². The number of amides is 2. The van der Waals surface area contributed by atoms with Crippen molar-refractivity contribution < 1.29 is 9.59 Å². The van der Waals surface area contributed by atoms with E-state index in [2.05, 4.69) is 10.2 Å². The highest BCUT2D eigenvalue weighted by atomic mass is 16.2. The summed E-state index contributed by atoms with van der Waals surface area (Å²) in [6, 6.07) is 1.87. The molecule has 0 aromatic carbocycles. The smallest absolute Gasteiger partial charge is 0.228 e. The zero-order valence-corrected chi connectivity index (χ0v) is 11.0. The van der Waals surface area contributed by atoms with E-state index in [0.29, 0.717) is 13.0 Å². The summed E-state index contributed by atoms with van der Waals surface area (Å²) in [6.45, 7) is 1.42. The van der Waals surface area contributed by atoms with Crippen molar-refractivity contribution in [3.05, 3.63) is 18.0 Å². The number of H-pyrrole nitrogens is 1. The first-order valence-electron chi connectivity index (χ1n) is 6.69. The molecule has 1 aromatic heterocycles. The quantitative estimate of drug-likeness (QED) is 0.817. The summed E-state index contributed by atoms with van der Waals surface area (Å²) in [5, 5.41) is 6.66. The first kappa shape index (κ1) is 12.2. The van der Waals surface area contributed by atoms with Crippen LogP contribution >= 0.6 is 0 Å². The molecule has 0 spiro atoms. The third-order valence-corrected chi connectivity index (χ3v) is 4.15. The SMILES string of the molecule is CN1C[C@@H]2[C@@H](CCCN2C(=O)Cc2ccn[nH]2)C1=O. The number of carbonyl (C=O) groups is 2. The minimum Gasteiger partial charge on any atom is -0.343 e. The van der Waals surface area contributed by atoms with E-state index in [1.54, 1.807) is 11.1 Å². The van der Waals surface area contributed by atoms with Crippen LogP contribution in [-0.4, -0.2) is 58.0 Å². The zero-order chi connectivity index (χ0) is 13.4. The molecule has 6 nitrogen and oxygen atoms in total. The van der Waals surface area contributed by atoms with Crippen molar-refractivity contribution in [1.29, 1.82) is 0 Å². The largest absolute Gasteiger partial charge is 0.343 e. The molecule has 6 heteroatoms. The van der Waals surface area contributed by atoms with Crippen molar-refractivity contribution in [2.24, 2.45) is 5.92 Å². The van der Waals surface area contributed by atoms with Crippen molar-refractivity contribution >= 4 is 11.8 Å². The fraction of sp³-hybridized carbons (Fsp3) is 0.615. The van der Waals surface area contributed by atoms with Gasteiger partial charge in [0, 0.05) is 32.0 Å². The standard InChI is InChI=1S/C13H18N4O2/c1-16-8-11-10(13(16)19)3-2-6-17(11)12(18)7-9-4-5-14-15-9/h4-5,10-11H,2-3,6-8H2,1H3,(H,14,15)/t10-,11-/m1/s1. The van der Waals surface area contributed by atoms with E-state index in [4.69, 9.17) is 0 Å². The summed E-state index contributed by atoms with van der Waals surface area (Å²) in [4.78, 5) is 28.0. The molecule has 0 radical (unpaired) electrons. The Balaban J connectivity index is 1.73. The maximum absolute atomic E-state index is 12.4. The number of hydrogen-bond acceptors (Lipinski definition) is 3. The van der Waals surface area contributed by atoms with E-state index in [0.717, 1.165) is 25.1 Å². The third-order valence-electron chi connectivity index (χ3n) is 4.15. The van der Waals surface area contributed by atoms with Crippen LogP contribution in [0.5, 0.6) is 0 Å². The zero-order valence-electron chi connectivity index (χ0n) is 11.0. The summed E-state index contributed by atoms with van der Waals surface area (Å²) in [7, 11) is 1.82. The topological polar surface area (TPSA) is 69.3 Å². The Morgan fingerprint density at radius 3 is 3.16 bits per heavy atom. The molecule has 2 atom stereocenters.